The minimum absolute atomic E-state index is 0.0325. The first-order valence-electron chi connectivity index (χ1n) is 27.9. The first kappa shape index (κ1) is 61.8. The zero-order chi connectivity index (χ0) is 46.5. The fourth-order valence-electron chi connectivity index (χ4n) is 8.32. The van der Waals surface area contributed by atoms with Gasteiger partial charge in [0.2, 0.25) is 5.91 Å². The van der Waals surface area contributed by atoms with Gasteiger partial charge in [0.1, 0.15) is 0 Å². The molecule has 6 nitrogen and oxygen atoms in total. The number of carbonyl (C=O) groups excluding carboxylic acids is 2. The molecule has 0 fully saturated rings. The largest absolute Gasteiger partial charge is 0.466 e. The number of hydrogen-bond donors (Lipinski definition) is 3. The van der Waals surface area contributed by atoms with Gasteiger partial charge in [0.25, 0.3) is 0 Å². The smallest absolute Gasteiger partial charge is 0.305 e. The predicted octanol–water partition coefficient (Wildman–Crippen LogP) is 17.0. The van der Waals surface area contributed by atoms with Gasteiger partial charge in [0, 0.05) is 12.8 Å². The van der Waals surface area contributed by atoms with Gasteiger partial charge in [0.15, 0.2) is 0 Å². The van der Waals surface area contributed by atoms with Gasteiger partial charge in [0.05, 0.1) is 25.4 Å². The summed E-state index contributed by atoms with van der Waals surface area (Å²) in [4.78, 5) is 24.5. The summed E-state index contributed by atoms with van der Waals surface area (Å²) < 4.78 is 5.44. The third-order valence-electron chi connectivity index (χ3n) is 12.6. The highest BCUT2D eigenvalue weighted by Crippen LogP contribution is 2.17. The zero-order valence-electron chi connectivity index (χ0n) is 42.5. The van der Waals surface area contributed by atoms with E-state index in [0.717, 1.165) is 64.2 Å². The second-order valence-corrected chi connectivity index (χ2v) is 18.9. The number of amides is 1. The monoisotopic (exact) mass is 898 g/mol. The van der Waals surface area contributed by atoms with Crippen molar-refractivity contribution in [3.63, 3.8) is 0 Å². The number of ether oxygens (including phenoxy) is 1. The summed E-state index contributed by atoms with van der Waals surface area (Å²) >= 11 is 0. The molecular formula is C58H107NO5. The Morgan fingerprint density at radius 2 is 0.828 bits per heavy atom. The fraction of sp³-hybridized carbons (Fsp3) is 0.828. The van der Waals surface area contributed by atoms with Crippen molar-refractivity contribution in [3.8, 4) is 0 Å². The van der Waals surface area contributed by atoms with Crippen molar-refractivity contribution in [2.45, 2.75) is 296 Å². The molecule has 0 spiro atoms. The minimum Gasteiger partial charge on any atom is -0.466 e. The van der Waals surface area contributed by atoms with Crippen LogP contribution in [0.5, 0.6) is 0 Å². The average molecular weight is 898 g/mol. The molecule has 3 N–H and O–H groups in total. The van der Waals surface area contributed by atoms with Crippen LogP contribution in [0.1, 0.15) is 284 Å². The molecule has 0 heterocycles. The van der Waals surface area contributed by atoms with Crippen molar-refractivity contribution in [1.29, 1.82) is 0 Å². The molecule has 0 aromatic rings. The summed E-state index contributed by atoms with van der Waals surface area (Å²) in [5.74, 6) is -0.148. The lowest BCUT2D eigenvalue weighted by molar-refractivity contribution is -0.143. The Kier molecular flexibility index (Phi) is 51.6. The molecule has 0 saturated carbocycles. The van der Waals surface area contributed by atoms with Gasteiger partial charge in [-0.3, -0.25) is 9.59 Å². The highest BCUT2D eigenvalue weighted by molar-refractivity contribution is 5.76. The van der Waals surface area contributed by atoms with E-state index in [1.165, 1.54) is 180 Å². The fourth-order valence-corrected chi connectivity index (χ4v) is 8.32. The Hall–Kier alpha value is -2.18. The van der Waals surface area contributed by atoms with E-state index < -0.39 is 12.1 Å². The summed E-state index contributed by atoms with van der Waals surface area (Å²) in [6.07, 6.45) is 66.8. The van der Waals surface area contributed by atoms with E-state index >= 15 is 0 Å². The molecular weight excluding hydrogens is 791 g/mol. The molecule has 64 heavy (non-hydrogen) atoms. The second-order valence-electron chi connectivity index (χ2n) is 18.9. The maximum absolute atomic E-state index is 12.4. The Morgan fingerprint density at radius 1 is 0.438 bits per heavy atom. The zero-order valence-corrected chi connectivity index (χ0v) is 42.5. The molecule has 0 aliphatic carbocycles. The third-order valence-corrected chi connectivity index (χ3v) is 12.6. The van der Waals surface area contributed by atoms with Crippen LogP contribution >= 0.6 is 0 Å². The number of esters is 1. The SMILES string of the molecule is CCC/C=C\C/C=C\CCCCCCCC(=O)OCCCCCCCC/C=C\C/C=C\CCC(=O)NC(CO)C(O)CCCCCCCCCCCCCCCCCCCCCCC. The van der Waals surface area contributed by atoms with Gasteiger partial charge in [-0.05, 0) is 70.6 Å². The van der Waals surface area contributed by atoms with Crippen molar-refractivity contribution >= 4 is 11.9 Å². The first-order valence-corrected chi connectivity index (χ1v) is 27.9. The van der Waals surface area contributed by atoms with E-state index in [1.807, 2.05) is 6.08 Å². The Morgan fingerprint density at radius 3 is 1.28 bits per heavy atom. The Labute approximate surface area is 397 Å². The molecule has 6 heteroatoms. The lowest BCUT2D eigenvalue weighted by Crippen LogP contribution is -2.45. The topological polar surface area (TPSA) is 95.9 Å². The molecule has 0 rings (SSSR count). The van der Waals surface area contributed by atoms with Crippen molar-refractivity contribution in [2.24, 2.45) is 0 Å². The summed E-state index contributed by atoms with van der Waals surface area (Å²) in [6.45, 7) is 4.82. The van der Waals surface area contributed by atoms with Gasteiger partial charge < -0.3 is 20.3 Å². The van der Waals surface area contributed by atoms with Crippen molar-refractivity contribution < 1.29 is 24.5 Å². The van der Waals surface area contributed by atoms with Gasteiger partial charge >= 0.3 is 5.97 Å². The molecule has 0 bridgehead atoms. The highest BCUT2D eigenvalue weighted by atomic mass is 16.5. The standard InChI is InChI=1S/C58H107NO5/c1-3-5-7-9-11-13-15-17-18-19-20-21-22-23-24-27-30-34-38-42-46-50-56(61)55(54-60)59-57(62)51-47-43-39-35-31-28-25-29-33-37-41-45-49-53-64-58(63)52-48-44-40-36-32-26-16-14-12-10-8-6-4-2/h8,10,14,16,28,31,39,43,55-56,60-61H,3-7,9,11-13,15,17-27,29-30,32-38,40-42,44-54H2,1-2H3,(H,59,62)/b10-8-,16-14-,31-28-,43-39-. The number of hydrogen-bond acceptors (Lipinski definition) is 5. The van der Waals surface area contributed by atoms with Gasteiger partial charge in [-0.25, -0.2) is 0 Å². The molecule has 374 valence electrons. The summed E-state index contributed by atoms with van der Waals surface area (Å²) in [5.41, 5.74) is 0. The average Bonchev–Trinajstić information content (AvgIpc) is 3.29. The predicted molar refractivity (Wildman–Crippen MR) is 278 cm³/mol. The Bertz CT molecular complexity index is 1080. The van der Waals surface area contributed by atoms with Crippen molar-refractivity contribution in [2.75, 3.05) is 13.2 Å². The van der Waals surface area contributed by atoms with Crippen LogP contribution in [0.25, 0.3) is 0 Å². The van der Waals surface area contributed by atoms with E-state index in [9.17, 15) is 19.8 Å². The van der Waals surface area contributed by atoms with E-state index in [1.54, 1.807) is 0 Å². The molecule has 2 atom stereocenters. The van der Waals surface area contributed by atoms with E-state index in [-0.39, 0.29) is 18.5 Å². The lowest BCUT2D eigenvalue weighted by Gasteiger charge is -2.22. The Balaban J connectivity index is 3.56. The maximum Gasteiger partial charge on any atom is 0.305 e. The quantitative estimate of drug-likeness (QED) is 0.0321. The van der Waals surface area contributed by atoms with Crippen LogP contribution in [-0.2, 0) is 14.3 Å². The summed E-state index contributed by atoms with van der Waals surface area (Å²) in [7, 11) is 0. The van der Waals surface area contributed by atoms with Crippen LogP contribution < -0.4 is 5.32 Å². The van der Waals surface area contributed by atoms with E-state index in [0.29, 0.717) is 32.3 Å². The van der Waals surface area contributed by atoms with E-state index in [4.69, 9.17) is 4.74 Å². The molecule has 0 aliphatic heterocycles. The summed E-state index contributed by atoms with van der Waals surface area (Å²) in [6, 6.07) is -0.588. The number of carbonyl (C=O) groups is 2. The highest BCUT2D eigenvalue weighted by Gasteiger charge is 2.19. The van der Waals surface area contributed by atoms with Gasteiger partial charge in [-0.15, -0.1) is 0 Å². The molecule has 0 radical (unpaired) electrons. The van der Waals surface area contributed by atoms with Crippen LogP contribution in [0.3, 0.4) is 0 Å². The van der Waals surface area contributed by atoms with Gasteiger partial charge in [-0.1, -0.05) is 249 Å². The molecule has 1 amide bonds. The number of aliphatic hydroxyl groups is 2. The third kappa shape index (κ3) is 49.3. The number of allylic oxidation sites excluding steroid dienone is 8. The second kappa shape index (κ2) is 53.4. The van der Waals surface area contributed by atoms with Crippen LogP contribution in [-0.4, -0.2) is 47.4 Å². The lowest BCUT2D eigenvalue weighted by atomic mass is 10.0. The molecule has 0 saturated heterocycles. The number of unbranched alkanes of at least 4 members (excludes halogenated alkanes) is 32. The summed E-state index contributed by atoms with van der Waals surface area (Å²) in [5, 5.41) is 23.2. The van der Waals surface area contributed by atoms with Gasteiger partial charge in [-0.2, -0.15) is 0 Å². The first-order chi connectivity index (χ1) is 31.5. The number of rotatable bonds is 51. The van der Waals surface area contributed by atoms with Crippen LogP contribution in [0, 0.1) is 0 Å². The molecule has 0 aliphatic rings. The van der Waals surface area contributed by atoms with Crippen LogP contribution in [0.4, 0.5) is 0 Å². The molecule has 0 aromatic heterocycles. The normalized spacial score (nSPS) is 13.0. The van der Waals surface area contributed by atoms with Crippen LogP contribution in [0.2, 0.25) is 0 Å². The maximum atomic E-state index is 12.4. The van der Waals surface area contributed by atoms with Crippen molar-refractivity contribution in [1.82, 2.24) is 5.32 Å². The number of nitrogens with one attached hydrogen (secondary N) is 1. The minimum atomic E-state index is -0.701. The van der Waals surface area contributed by atoms with E-state index in [2.05, 4.69) is 61.7 Å². The molecule has 2 unspecified atom stereocenters. The van der Waals surface area contributed by atoms with Crippen LogP contribution in [0.15, 0.2) is 48.6 Å². The van der Waals surface area contributed by atoms with Crippen molar-refractivity contribution in [3.05, 3.63) is 48.6 Å². The molecule has 0 aromatic carbocycles. The number of aliphatic hydroxyl groups excluding tert-OH is 2.